The fraction of sp³-hybridized carbons (Fsp3) is 0.878. The van der Waals surface area contributed by atoms with Gasteiger partial charge in [0.1, 0.15) is 24.4 Å². The smallest absolute Gasteiger partial charge is 0.220 e. The SMILES string of the molecule is CCCC/C=C\CCCCCCC(=O)NC(COC1OC(CO)C(O)C(O)C1O)C(O)/C=C/CCCCCCCCCCCCCCCCC. The van der Waals surface area contributed by atoms with Gasteiger partial charge in [-0.1, -0.05) is 154 Å². The summed E-state index contributed by atoms with van der Waals surface area (Å²) in [6.07, 6.45) is 29.4. The van der Waals surface area contributed by atoms with Crippen molar-refractivity contribution in [3.63, 3.8) is 0 Å². The average Bonchev–Trinajstić information content (AvgIpc) is 3.11. The van der Waals surface area contributed by atoms with E-state index in [1.54, 1.807) is 6.08 Å². The highest BCUT2D eigenvalue weighted by Gasteiger charge is 2.44. The van der Waals surface area contributed by atoms with Crippen LogP contribution in [0.3, 0.4) is 0 Å². The molecule has 0 aliphatic carbocycles. The van der Waals surface area contributed by atoms with Crippen LogP contribution in [0.5, 0.6) is 0 Å². The Kier molecular flexibility index (Phi) is 30.2. The standard InChI is InChI=1S/C41H77NO8/c1-3-5-7-9-11-13-15-16-17-18-19-20-21-22-24-26-28-30-35(44)34(33-49-41-40(48)39(47)38(46)36(32-43)50-41)42-37(45)31-29-27-25-23-14-12-10-8-6-4-2/h10,12,28,30,34-36,38-41,43-44,46-48H,3-9,11,13-27,29,31-33H2,1-2H3,(H,42,45)/b12-10-,30-28+. The maximum atomic E-state index is 12.8. The van der Waals surface area contributed by atoms with E-state index in [0.29, 0.717) is 6.42 Å². The molecule has 9 heteroatoms. The molecule has 7 atom stereocenters. The van der Waals surface area contributed by atoms with Crippen molar-refractivity contribution in [3.8, 4) is 0 Å². The van der Waals surface area contributed by atoms with Crippen molar-refractivity contribution in [1.29, 1.82) is 0 Å². The van der Waals surface area contributed by atoms with Crippen molar-refractivity contribution in [2.75, 3.05) is 13.2 Å². The first kappa shape index (κ1) is 46.7. The molecule has 6 N–H and O–H groups in total. The summed E-state index contributed by atoms with van der Waals surface area (Å²) in [4.78, 5) is 12.8. The number of carbonyl (C=O) groups is 1. The predicted molar refractivity (Wildman–Crippen MR) is 203 cm³/mol. The van der Waals surface area contributed by atoms with E-state index in [9.17, 15) is 30.3 Å². The number of ether oxygens (including phenoxy) is 2. The second kappa shape index (κ2) is 32.3. The first-order valence-corrected chi connectivity index (χ1v) is 20.6. The van der Waals surface area contributed by atoms with Crippen molar-refractivity contribution in [3.05, 3.63) is 24.3 Å². The maximum absolute atomic E-state index is 12.8. The lowest BCUT2D eigenvalue weighted by molar-refractivity contribution is -0.302. The fourth-order valence-electron chi connectivity index (χ4n) is 6.37. The minimum Gasteiger partial charge on any atom is -0.394 e. The zero-order valence-corrected chi connectivity index (χ0v) is 31.9. The highest BCUT2D eigenvalue weighted by atomic mass is 16.7. The molecule has 1 aliphatic heterocycles. The summed E-state index contributed by atoms with van der Waals surface area (Å²) < 4.78 is 11.2. The molecule has 1 rings (SSSR count). The van der Waals surface area contributed by atoms with Gasteiger partial charge in [-0.25, -0.2) is 0 Å². The van der Waals surface area contributed by atoms with Gasteiger partial charge in [0.25, 0.3) is 0 Å². The number of carbonyl (C=O) groups excluding carboxylic acids is 1. The number of nitrogens with one attached hydrogen (secondary N) is 1. The average molecular weight is 712 g/mol. The zero-order valence-electron chi connectivity index (χ0n) is 31.9. The number of aliphatic hydroxyl groups excluding tert-OH is 5. The summed E-state index contributed by atoms with van der Waals surface area (Å²) >= 11 is 0. The molecule has 0 radical (unpaired) electrons. The van der Waals surface area contributed by atoms with Gasteiger partial charge in [0.2, 0.25) is 5.91 Å². The maximum Gasteiger partial charge on any atom is 0.220 e. The van der Waals surface area contributed by atoms with Gasteiger partial charge in [0, 0.05) is 6.42 Å². The van der Waals surface area contributed by atoms with Crippen LogP contribution in [0, 0.1) is 0 Å². The monoisotopic (exact) mass is 712 g/mol. The normalized spacial score (nSPS) is 22.4. The van der Waals surface area contributed by atoms with E-state index in [2.05, 4.69) is 31.3 Å². The van der Waals surface area contributed by atoms with E-state index in [-0.39, 0.29) is 12.5 Å². The van der Waals surface area contributed by atoms with E-state index >= 15 is 0 Å². The van der Waals surface area contributed by atoms with E-state index in [0.717, 1.165) is 57.8 Å². The number of hydrogen-bond donors (Lipinski definition) is 6. The summed E-state index contributed by atoms with van der Waals surface area (Å²) in [5.41, 5.74) is 0. The molecule has 50 heavy (non-hydrogen) atoms. The third-order valence-electron chi connectivity index (χ3n) is 9.77. The number of unbranched alkanes of at least 4 members (excludes halogenated alkanes) is 21. The van der Waals surface area contributed by atoms with Gasteiger partial charge in [-0.15, -0.1) is 0 Å². The lowest BCUT2D eigenvalue weighted by Gasteiger charge is -2.40. The van der Waals surface area contributed by atoms with Gasteiger partial charge in [-0.05, 0) is 38.5 Å². The third kappa shape index (κ3) is 23.3. The Bertz CT molecular complexity index is 837. The summed E-state index contributed by atoms with van der Waals surface area (Å²) in [6.45, 7) is 3.70. The fourth-order valence-corrected chi connectivity index (χ4v) is 6.37. The van der Waals surface area contributed by atoms with Crippen LogP contribution in [0.2, 0.25) is 0 Å². The van der Waals surface area contributed by atoms with Gasteiger partial charge < -0.3 is 40.3 Å². The molecule has 1 aliphatic rings. The lowest BCUT2D eigenvalue weighted by atomic mass is 9.99. The number of amides is 1. The summed E-state index contributed by atoms with van der Waals surface area (Å²) in [6, 6.07) is -0.805. The highest BCUT2D eigenvalue weighted by molar-refractivity contribution is 5.76. The molecule has 7 unspecified atom stereocenters. The first-order chi connectivity index (χ1) is 24.3. The van der Waals surface area contributed by atoms with Gasteiger partial charge >= 0.3 is 0 Å². The topological polar surface area (TPSA) is 149 Å². The Hall–Kier alpha value is -1.33. The molecule has 1 saturated heterocycles. The van der Waals surface area contributed by atoms with Gasteiger partial charge in [-0.3, -0.25) is 4.79 Å². The van der Waals surface area contributed by atoms with Crippen molar-refractivity contribution in [2.24, 2.45) is 0 Å². The molecule has 0 aromatic rings. The second-order valence-corrected chi connectivity index (χ2v) is 14.4. The molecule has 1 amide bonds. The van der Waals surface area contributed by atoms with Crippen molar-refractivity contribution < 1.29 is 39.8 Å². The molecular weight excluding hydrogens is 634 g/mol. The van der Waals surface area contributed by atoms with Gasteiger partial charge in [-0.2, -0.15) is 0 Å². The van der Waals surface area contributed by atoms with Gasteiger partial charge in [0.15, 0.2) is 6.29 Å². The number of rotatable bonds is 33. The quantitative estimate of drug-likeness (QED) is 0.0302. The summed E-state index contributed by atoms with van der Waals surface area (Å²) in [7, 11) is 0. The second-order valence-electron chi connectivity index (χ2n) is 14.4. The highest BCUT2D eigenvalue weighted by Crippen LogP contribution is 2.22. The molecule has 0 bridgehead atoms. The molecule has 0 aromatic heterocycles. The molecule has 294 valence electrons. The Morgan fingerprint density at radius 3 is 1.68 bits per heavy atom. The molecule has 1 fully saturated rings. The molecule has 1 heterocycles. The Labute approximate surface area is 305 Å². The molecular formula is C41H77NO8. The van der Waals surface area contributed by atoms with E-state index in [1.807, 2.05) is 6.08 Å². The van der Waals surface area contributed by atoms with Crippen LogP contribution < -0.4 is 5.32 Å². The van der Waals surface area contributed by atoms with Crippen LogP contribution in [0.1, 0.15) is 174 Å². The molecule has 9 nitrogen and oxygen atoms in total. The minimum atomic E-state index is -1.56. The number of allylic oxidation sites excluding steroid dienone is 3. The molecule has 0 saturated carbocycles. The first-order valence-electron chi connectivity index (χ1n) is 20.6. The molecule has 0 spiro atoms. The van der Waals surface area contributed by atoms with Crippen LogP contribution in [-0.2, 0) is 14.3 Å². The summed E-state index contributed by atoms with van der Waals surface area (Å²) in [5.74, 6) is -0.193. The van der Waals surface area contributed by atoms with E-state index in [1.165, 1.54) is 96.3 Å². The Morgan fingerprint density at radius 2 is 1.14 bits per heavy atom. The largest absolute Gasteiger partial charge is 0.394 e. The zero-order chi connectivity index (χ0) is 36.7. The Balaban J connectivity index is 2.41. The third-order valence-corrected chi connectivity index (χ3v) is 9.77. The Morgan fingerprint density at radius 1 is 0.660 bits per heavy atom. The van der Waals surface area contributed by atoms with Crippen LogP contribution in [0.25, 0.3) is 0 Å². The van der Waals surface area contributed by atoms with Crippen LogP contribution in [0.15, 0.2) is 24.3 Å². The van der Waals surface area contributed by atoms with E-state index in [4.69, 9.17) is 9.47 Å². The lowest BCUT2D eigenvalue weighted by Crippen LogP contribution is -2.60. The van der Waals surface area contributed by atoms with Crippen molar-refractivity contribution in [2.45, 2.75) is 217 Å². The van der Waals surface area contributed by atoms with Crippen molar-refractivity contribution in [1.82, 2.24) is 5.32 Å². The van der Waals surface area contributed by atoms with Gasteiger partial charge in [0.05, 0.1) is 25.4 Å². The number of hydrogen-bond acceptors (Lipinski definition) is 8. The van der Waals surface area contributed by atoms with Crippen LogP contribution in [-0.4, -0.2) is 87.5 Å². The minimum absolute atomic E-state index is 0.191. The molecule has 0 aromatic carbocycles. The predicted octanol–water partition coefficient (Wildman–Crippen LogP) is 7.55. The van der Waals surface area contributed by atoms with Crippen LogP contribution in [0.4, 0.5) is 0 Å². The van der Waals surface area contributed by atoms with Crippen molar-refractivity contribution >= 4 is 5.91 Å². The van der Waals surface area contributed by atoms with E-state index < -0.39 is 49.5 Å². The summed E-state index contributed by atoms with van der Waals surface area (Å²) in [5, 5.41) is 53.9. The van der Waals surface area contributed by atoms with Crippen LogP contribution >= 0.6 is 0 Å². The number of aliphatic hydroxyl groups is 5.